The minimum Gasteiger partial charge on any atom is -0.476 e. The van der Waals surface area contributed by atoms with Gasteiger partial charge < -0.3 is 4.74 Å². The normalized spacial score (nSPS) is 15.1. The monoisotopic (exact) mass is 475 g/mol. The van der Waals surface area contributed by atoms with Crippen molar-refractivity contribution in [2.75, 3.05) is 11.6 Å². The lowest BCUT2D eigenvalue weighted by Gasteiger charge is -2.13. The molecule has 0 aliphatic carbocycles. The summed E-state index contributed by atoms with van der Waals surface area (Å²) in [6, 6.07) is 14.2. The number of hydrogen-bond donors (Lipinski definition) is 1. The molecule has 6 nitrogen and oxygen atoms in total. The zero-order valence-electron chi connectivity index (χ0n) is 13.2. The Hall–Kier alpha value is -2.63. The van der Waals surface area contributed by atoms with Crippen molar-refractivity contribution in [3.8, 4) is 11.8 Å². The van der Waals surface area contributed by atoms with Crippen molar-refractivity contribution >= 4 is 55.4 Å². The molecule has 1 saturated heterocycles. The van der Waals surface area contributed by atoms with Gasteiger partial charge in [-0.1, -0.05) is 18.2 Å². The predicted octanol–water partition coefficient (Wildman–Crippen LogP) is 3.58. The Morgan fingerprint density at radius 2 is 1.81 bits per heavy atom. The molecule has 26 heavy (non-hydrogen) atoms. The van der Waals surface area contributed by atoms with Crippen molar-refractivity contribution in [2.45, 2.75) is 0 Å². The highest BCUT2D eigenvalue weighted by atomic mass is 79.9. The lowest BCUT2D eigenvalue weighted by Crippen LogP contribution is -2.35. The molecule has 2 amide bonds. The third-order valence-electron chi connectivity index (χ3n) is 3.52. The highest BCUT2D eigenvalue weighted by molar-refractivity contribution is 9.11. The maximum absolute atomic E-state index is 12.6. The first-order valence-electron chi connectivity index (χ1n) is 7.42. The molecule has 0 atom stereocenters. The van der Waals surface area contributed by atoms with E-state index in [-0.39, 0.29) is 12.2 Å². The maximum atomic E-state index is 12.6. The number of nitrogens with one attached hydrogen (secondary N) is 1. The van der Waals surface area contributed by atoms with Crippen LogP contribution in [0, 0.1) is 11.3 Å². The van der Waals surface area contributed by atoms with E-state index in [9.17, 15) is 9.59 Å². The molecule has 8 heteroatoms. The van der Waals surface area contributed by atoms with Crippen molar-refractivity contribution in [1.29, 1.82) is 5.26 Å². The molecule has 0 radical (unpaired) electrons. The first kappa shape index (κ1) is 18.2. The standard InChI is InChI=1S/C18H11Br2N3O3/c19-14-9-11(10-15(20)16(14)26-7-6-21)8-13-17(24)22-23(18(13)25)12-4-2-1-3-5-12/h1-5,8-10H,7H2,(H,22,24)/b13-8-. The van der Waals surface area contributed by atoms with Gasteiger partial charge in [-0.15, -0.1) is 0 Å². The molecule has 2 aromatic rings. The van der Waals surface area contributed by atoms with E-state index in [1.54, 1.807) is 36.4 Å². The van der Waals surface area contributed by atoms with Crippen LogP contribution in [-0.2, 0) is 9.59 Å². The molecule has 0 aromatic heterocycles. The topological polar surface area (TPSA) is 82.4 Å². The number of amides is 2. The molecule has 3 rings (SSSR count). The molecule has 130 valence electrons. The van der Waals surface area contributed by atoms with Gasteiger partial charge in [-0.25, -0.2) is 5.01 Å². The summed E-state index contributed by atoms with van der Waals surface area (Å²) in [6.07, 6.45) is 1.50. The second-order valence-electron chi connectivity index (χ2n) is 5.24. The van der Waals surface area contributed by atoms with E-state index in [1.807, 2.05) is 12.1 Å². The lowest BCUT2D eigenvalue weighted by atomic mass is 10.1. The maximum Gasteiger partial charge on any atom is 0.282 e. The van der Waals surface area contributed by atoms with Crippen LogP contribution in [0.1, 0.15) is 5.56 Å². The number of anilines is 1. The number of carbonyl (C=O) groups excluding carboxylic acids is 2. The Morgan fingerprint density at radius 3 is 2.42 bits per heavy atom. The van der Waals surface area contributed by atoms with Gasteiger partial charge in [0.1, 0.15) is 17.4 Å². The number of nitriles is 1. The first-order chi connectivity index (χ1) is 12.5. The number of para-hydroxylation sites is 1. The smallest absolute Gasteiger partial charge is 0.282 e. The fourth-order valence-corrected chi connectivity index (χ4v) is 3.84. The second-order valence-corrected chi connectivity index (χ2v) is 6.94. The van der Waals surface area contributed by atoms with E-state index in [4.69, 9.17) is 10.00 Å². The lowest BCUT2D eigenvalue weighted by molar-refractivity contribution is -0.117. The average molecular weight is 477 g/mol. The predicted molar refractivity (Wildman–Crippen MR) is 103 cm³/mol. The van der Waals surface area contributed by atoms with E-state index in [2.05, 4.69) is 37.3 Å². The van der Waals surface area contributed by atoms with Crippen molar-refractivity contribution in [2.24, 2.45) is 0 Å². The van der Waals surface area contributed by atoms with Crippen LogP contribution in [0.2, 0.25) is 0 Å². The van der Waals surface area contributed by atoms with Gasteiger partial charge in [0.05, 0.1) is 14.6 Å². The fourth-order valence-electron chi connectivity index (χ4n) is 2.39. The highest BCUT2D eigenvalue weighted by Gasteiger charge is 2.34. The van der Waals surface area contributed by atoms with Gasteiger partial charge in [-0.05, 0) is 67.8 Å². The van der Waals surface area contributed by atoms with Gasteiger partial charge in [0.2, 0.25) is 0 Å². The zero-order valence-corrected chi connectivity index (χ0v) is 16.4. The Labute approximate surface area is 166 Å². The molecule has 2 aromatic carbocycles. The van der Waals surface area contributed by atoms with E-state index in [0.717, 1.165) is 0 Å². The summed E-state index contributed by atoms with van der Waals surface area (Å²) in [6.45, 7) is -0.0927. The first-order valence-corrected chi connectivity index (χ1v) is 9.01. The molecule has 0 unspecified atom stereocenters. The highest BCUT2D eigenvalue weighted by Crippen LogP contribution is 2.35. The molecule has 0 spiro atoms. The number of carbonyl (C=O) groups is 2. The van der Waals surface area contributed by atoms with E-state index >= 15 is 0 Å². The summed E-state index contributed by atoms with van der Waals surface area (Å²) in [5, 5.41) is 9.84. The summed E-state index contributed by atoms with van der Waals surface area (Å²) in [4.78, 5) is 24.8. The van der Waals surface area contributed by atoms with Crippen LogP contribution in [0.3, 0.4) is 0 Å². The fraction of sp³-hybridized carbons (Fsp3) is 0.0556. The number of hydrogen-bond acceptors (Lipinski definition) is 4. The van der Waals surface area contributed by atoms with Crippen LogP contribution >= 0.6 is 31.9 Å². The van der Waals surface area contributed by atoms with Crippen LogP contribution in [0.5, 0.6) is 5.75 Å². The average Bonchev–Trinajstić information content (AvgIpc) is 2.90. The molecular formula is C18H11Br2N3O3. The number of rotatable bonds is 4. The Kier molecular flexibility index (Phi) is 5.40. The van der Waals surface area contributed by atoms with Crippen LogP contribution in [-0.4, -0.2) is 18.4 Å². The molecule has 0 saturated carbocycles. The zero-order chi connectivity index (χ0) is 18.7. The third-order valence-corrected chi connectivity index (χ3v) is 4.70. The van der Waals surface area contributed by atoms with Gasteiger partial charge in [-0.3, -0.25) is 15.0 Å². The molecule has 1 aliphatic heterocycles. The van der Waals surface area contributed by atoms with E-state index in [1.165, 1.54) is 11.1 Å². The van der Waals surface area contributed by atoms with Crippen molar-refractivity contribution in [3.63, 3.8) is 0 Å². The van der Waals surface area contributed by atoms with Crippen molar-refractivity contribution in [1.82, 2.24) is 5.43 Å². The number of hydrazine groups is 1. The van der Waals surface area contributed by atoms with Crippen LogP contribution in [0.25, 0.3) is 6.08 Å². The minimum atomic E-state index is -0.476. The van der Waals surface area contributed by atoms with Crippen LogP contribution in [0.4, 0.5) is 5.69 Å². The Morgan fingerprint density at radius 1 is 1.15 bits per heavy atom. The van der Waals surface area contributed by atoms with Gasteiger partial charge in [0.25, 0.3) is 11.8 Å². The molecule has 1 aliphatic rings. The third kappa shape index (κ3) is 3.64. The molecule has 1 N–H and O–H groups in total. The molecular weight excluding hydrogens is 466 g/mol. The van der Waals surface area contributed by atoms with Crippen molar-refractivity contribution < 1.29 is 14.3 Å². The second kappa shape index (κ2) is 7.72. The number of halogens is 2. The SMILES string of the molecule is N#CCOc1c(Br)cc(/C=C2/C(=O)NN(c3ccccc3)C2=O)cc1Br. The van der Waals surface area contributed by atoms with Crippen molar-refractivity contribution in [3.05, 3.63) is 62.5 Å². The molecule has 1 heterocycles. The largest absolute Gasteiger partial charge is 0.476 e. The Bertz CT molecular complexity index is 929. The number of ether oxygens (including phenoxy) is 1. The molecule has 0 bridgehead atoms. The van der Waals surface area contributed by atoms with Crippen LogP contribution < -0.4 is 15.2 Å². The summed E-state index contributed by atoms with van der Waals surface area (Å²) >= 11 is 6.73. The number of benzene rings is 2. The summed E-state index contributed by atoms with van der Waals surface area (Å²) < 4.78 is 6.52. The quantitative estimate of drug-likeness (QED) is 0.540. The minimum absolute atomic E-state index is 0.0262. The van der Waals surface area contributed by atoms with Gasteiger partial charge in [0, 0.05) is 0 Å². The summed E-state index contributed by atoms with van der Waals surface area (Å²) in [7, 11) is 0. The van der Waals surface area contributed by atoms with Gasteiger partial charge >= 0.3 is 0 Å². The van der Waals surface area contributed by atoms with Gasteiger partial charge in [0.15, 0.2) is 6.61 Å². The van der Waals surface area contributed by atoms with E-state index in [0.29, 0.717) is 25.9 Å². The summed E-state index contributed by atoms with van der Waals surface area (Å²) in [5.41, 5.74) is 3.78. The number of nitrogens with zero attached hydrogens (tertiary/aromatic N) is 2. The van der Waals surface area contributed by atoms with Gasteiger partial charge in [-0.2, -0.15) is 5.26 Å². The van der Waals surface area contributed by atoms with Crippen LogP contribution in [0.15, 0.2) is 57.0 Å². The summed E-state index contributed by atoms with van der Waals surface area (Å²) in [5.74, 6) is -0.434. The van der Waals surface area contributed by atoms with E-state index < -0.39 is 11.8 Å². The Balaban J connectivity index is 1.92. The molecule has 1 fully saturated rings.